The lowest BCUT2D eigenvalue weighted by Crippen LogP contribution is -2.15. The maximum absolute atomic E-state index is 6.33. The molecule has 2 aromatic heterocycles. The summed E-state index contributed by atoms with van der Waals surface area (Å²) < 4.78 is 0. The van der Waals surface area contributed by atoms with E-state index in [2.05, 4.69) is 49.9 Å². The predicted molar refractivity (Wildman–Crippen MR) is 110 cm³/mol. The fourth-order valence-corrected chi connectivity index (χ4v) is 3.31. The molecule has 0 atom stereocenters. The molecule has 6 nitrogen and oxygen atoms in total. The molecule has 0 aliphatic carbocycles. The monoisotopic (exact) mass is 374 g/mol. The van der Waals surface area contributed by atoms with E-state index in [0.29, 0.717) is 17.3 Å². The van der Waals surface area contributed by atoms with Crippen molar-refractivity contribution in [2.24, 2.45) is 0 Å². The van der Waals surface area contributed by atoms with Gasteiger partial charge in [0.2, 0.25) is 0 Å². The molecule has 2 aromatic carbocycles. The van der Waals surface area contributed by atoms with Crippen LogP contribution in [0.3, 0.4) is 0 Å². The van der Waals surface area contributed by atoms with E-state index >= 15 is 0 Å². The van der Waals surface area contributed by atoms with Gasteiger partial charge in [-0.3, -0.25) is 0 Å². The number of nitrogens with zero attached hydrogens (tertiary/aromatic N) is 3. The third-order valence-corrected chi connectivity index (χ3v) is 4.78. The Morgan fingerprint density at radius 3 is 2.04 bits per heavy atom. The lowest BCUT2D eigenvalue weighted by Gasteiger charge is -2.21. The van der Waals surface area contributed by atoms with Gasteiger partial charge in [0.25, 0.3) is 0 Å². The molecule has 4 rings (SSSR count). The second-order valence-electron chi connectivity index (χ2n) is 5.85. The van der Waals surface area contributed by atoms with Gasteiger partial charge in [0.15, 0.2) is 16.8 Å². The number of benzene rings is 2. The summed E-state index contributed by atoms with van der Waals surface area (Å²) >= 11 is 1.48. The van der Waals surface area contributed by atoms with E-state index < -0.39 is 0 Å². The molecular weight excluding hydrogens is 356 g/mol. The SMILES string of the molecule is Nc1c(Nc2nccs2)ncnc1NC(c1ccccc1)c1ccccc1. The first-order chi connectivity index (χ1) is 13.3. The summed E-state index contributed by atoms with van der Waals surface area (Å²) in [5.41, 5.74) is 9.02. The lowest BCUT2D eigenvalue weighted by molar-refractivity contribution is 0.924. The highest BCUT2D eigenvalue weighted by molar-refractivity contribution is 7.13. The molecule has 0 radical (unpaired) electrons. The van der Waals surface area contributed by atoms with Gasteiger partial charge in [0, 0.05) is 11.6 Å². The van der Waals surface area contributed by atoms with Crippen LogP contribution in [0.1, 0.15) is 17.2 Å². The van der Waals surface area contributed by atoms with Gasteiger partial charge in [-0.2, -0.15) is 0 Å². The highest BCUT2D eigenvalue weighted by atomic mass is 32.1. The van der Waals surface area contributed by atoms with Crippen LogP contribution in [0.4, 0.5) is 22.5 Å². The molecule has 0 bridgehead atoms. The van der Waals surface area contributed by atoms with E-state index in [0.717, 1.165) is 16.3 Å². The molecule has 4 aromatic rings. The lowest BCUT2D eigenvalue weighted by atomic mass is 9.99. The molecule has 0 fully saturated rings. The molecule has 0 unspecified atom stereocenters. The number of nitrogen functional groups attached to an aromatic ring is 1. The first-order valence-corrected chi connectivity index (χ1v) is 9.32. The third-order valence-electron chi connectivity index (χ3n) is 4.09. The second-order valence-corrected chi connectivity index (χ2v) is 6.74. The van der Waals surface area contributed by atoms with Gasteiger partial charge in [0.1, 0.15) is 12.0 Å². The van der Waals surface area contributed by atoms with Gasteiger partial charge >= 0.3 is 0 Å². The molecule has 0 saturated heterocycles. The van der Waals surface area contributed by atoms with Crippen LogP contribution in [0, 0.1) is 0 Å². The van der Waals surface area contributed by atoms with Crippen molar-refractivity contribution in [3.05, 3.63) is 89.7 Å². The number of hydrogen-bond acceptors (Lipinski definition) is 7. The predicted octanol–water partition coefficient (Wildman–Crippen LogP) is 4.46. The molecule has 134 valence electrons. The van der Waals surface area contributed by atoms with E-state index in [1.165, 1.54) is 17.7 Å². The van der Waals surface area contributed by atoms with Crippen molar-refractivity contribution < 1.29 is 0 Å². The first-order valence-electron chi connectivity index (χ1n) is 8.44. The summed E-state index contributed by atoms with van der Waals surface area (Å²) in [6, 6.07) is 20.3. The van der Waals surface area contributed by atoms with E-state index in [9.17, 15) is 0 Å². The highest BCUT2D eigenvalue weighted by Gasteiger charge is 2.17. The number of nitrogens with one attached hydrogen (secondary N) is 2. The molecule has 0 amide bonds. The Hall–Kier alpha value is -3.45. The summed E-state index contributed by atoms with van der Waals surface area (Å²) in [6.45, 7) is 0. The summed E-state index contributed by atoms with van der Waals surface area (Å²) in [6.07, 6.45) is 3.21. The largest absolute Gasteiger partial charge is 0.393 e. The molecule has 4 N–H and O–H groups in total. The van der Waals surface area contributed by atoms with E-state index in [1.807, 2.05) is 41.8 Å². The number of anilines is 4. The number of rotatable bonds is 6. The van der Waals surface area contributed by atoms with Crippen molar-refractivity contribution in [2.75, 3.05) is 16.4 Å². The quantitative estimate of drug-likeness (QED) is 0.462. The Bertz CT molecular complexity index is 950. The number of nitrogens with two attached hydrogens (primary N) is 1. The molecule has 27 heavy (non-hydrogen) atoms. The van der Waals surface area contributed by atoms with Crippen LogP contribution in [-0.2, 0) is 0 Å². The van der Waals surface area contributed by atoms with Crippen LogP contribution in [-0.4, -0.2) is 15.0 Å². The Labute approximate surface area is 161 Å². The van der Waals surface area contributed by atoms with Crippen molar-refractivity contribution in [1.82, 2.24) is 15.0 Å². The Kier molecular flexibility index (Phi) is 4.93. The number of hydrogen-bond donors (Lipinski definition) is 3. The van der Waals surface area contributed by atoms with Crippen molar-refractivity contribution in [1.29, 1.82) is 0 Å². The third kappa shape index (κ3) is 3.88. The fourth-order valence-electron chi connectivity index (χ4n) is 2.78. The van der Waals surface area contributed by atoms with E-state index in [4.69, 9.17) is 5.73 Å². The van der Waals surface area contributed by atoms with Crippen LogP contribution in [0.15, 0.2) is 78.6 Å². The fraction of sp³-hybridized carbons (Fsp3) is 0.0500. The van der Waals surface area contributed by atoms with Crippen LogP contribution in [0.5, 0.6) is 0 Å². The molecule has 0 spiro atoms. The zero-order valence-electron chi connectivity index (χ0n) is 14.4. The average molecular weight is 374 g/mol. The van der Waals surface area contributed by atoms with E-state index in [-0.39, 0.29) is 6.04 Å². The molecule has 0 aliphatic heterocycles. The van der Waals surface area contributed by atoms with E-state index in [1.54, 1.807) is 6.20 Å². The first kappa shape index (κ1) is 17.0. The summed E-state index contributed by atoms with van der Waals surface area (Å²) in [4.78, 5) is 12.8. The maximum atomic E-state index is 6.33. The van der Waals surface area contributed by atoms with Crippen molar-refractivity contribution in [3.8, 4) is 0 Å². The van der Waals surface area contributed by atoms with Gasteiger partial charge in [-0.15, -0.1) is 11.3 Å². The number of thiazole rings is 1. The Balaban J connectivity index is 1.67. The molecule has 0 saturated carbocycles. The van der Waals surface area contributed by atoms with Crippen LogP contribution >= 0.6 is 11.3 Å². The van der Waals surface area contributed by atoms with Crippen LogP contribution < -0.4 is 16.4 Å². The van der Waals surface area contributed by atoms with Gasteiger partial charge in [-0.05, 0) is 11.1 Å². The van der Waals surface area contributed by atoms with Gasteiger partial charge in [-0.25, -0.2) is 15.0 Å². The summed E-state index contributed by atoms with van der Waals surface area (Å²) in [5, 5.41) is 9.22. The maximum Gasteiger partial charge on any atom is 0.188 e. The van der Waals surface area contributed by atoms with Gasteiger partial charge in [0.05, 0.1) is 6.04 Å². The molecule has 0 aliphatic rings. The number of aromatic nitrogens is 3. The average Bonchev–Trinajstić information content (AvgIpc) is 3.23. The van der Waals surface area contributed by atoms with Gasteiger partial charge in [-0.1, -0.05) is 60.7 Å². The molecular formula is C20H18N6S. The second kappa shape index (κ2) is 7.84. The summed E-state index contributed by atoms with van der Waals surface area (Å²) in [5.74, 6) is 1.10. The smallest absolute Gasteiger partial charge is 0.188 e. The summed E-state index contributed by atoms with van der Waals surface area (Å²) in [7, 11) is 0. The normalized spacial score (nSPS) is 10.7. The highest BCUT2D eigenvalue weighted by Crippen LogP contribution is 2.31. The van der Waals surface area contributed by atoms with Crippen LogP contribution in [0.25, 0.3) is 0 Å². The van der Waals surface area contributed by atoms with Crippen molar-refractivity contribution >= 4 is 33.8 Å². The topological polar surface area (TPSA) is 88.8 Å². The van der Waals surface area contributed by atoms with Crippen molar-refractivity contribution in [2.45, 2.75) is 6.04 Å². The molecule has 2 heterocycles. The molecule has 7 heteroatoms. The minimum atomic E-state index is -0.0858. The Morgan fingerprint density at radius 2 is 1.44 bits per heavy atom. The van der Waals surface area contributed by atoms with Crippen molar-refractivity contribution in [3.63, 3.8) is 0 Å². The minimum absolute atomic E-state index is 0.0858. The zero-order chi connectivity index (χ0) is 18.5. The van der Waals surface area contributed by atoms with Crippen LogP contribution in [0.2, 0.25) is 0 Å². The minimum Gasteiger partial charge on any atom is -0.393 e. The Morgan fingerprint density at radius 1 is 0.815 bits per heavy atom. The zero-order valence-corrected chi connectivity index (χ0v) is 15.2. The van der Waals surface area contributed by atoms with Gasteiger partial charge < -0.3 is 16.4 Å². The standard InChI is InChI=1S/C20H18N6S/c21-16-18(23-13-24-19(16)26-20-22-11-12-27-20)25-17(14-7-3-1-4-8-14)15-9-5-2-6-10-15/h1-13,17H,21H2,(H2,22,23,24,25,26).